The number of anilines is 1. The van der Waals surface area contributed by atoms with Crippen LogP contribution >= 0.6 is 0 Å². The Morgan fingerprint density at radius 2 is 1.95 bits per heavy atom. The van der Waals surface area contributed by atoms with Gasteiger partial charge in [0.1, 0.15) is 5.82 Å². The topological polar surface area (TPSA) is 28.2 Å². The lowest BCUT2D eigenvalue weighted by atomic mass is 10.1. The standard InChI is InChI=1S/C18H27N3/c1-4-6-12-21(3)18-16(14-19-11-5-2)13-15-9-7-8-10-17(15)20-18/h7-10,13,19H,4-6,11-12,14H2,1-3H3. The Labute approximate surface area is 128 Å². The molecule has 0 radical (unpaired) electrons. The molecule has 3 nitrogen and oxygen atoms in total. The molecule has 114 valence electrons. The van der Waals surface area contributed by atoms with Gasteiger partial charge in [0.05, 0.1) is 5.52 Å². The second kappa shape index (κ2) is 7.99. The van der Waals surface area contributed by atoms with Crippen molar-refractivity contribution in [2.24, 2.45) is 0 Å². The molecule has 0 fully saturated rings. The number of hydrogen-bond acceptors (Lipinski definition) is 3. The summed E-state index contributed by atoms with van der Waals surface area (Å²) in [6, 6.07) is 10.6. The van der Waals surface area contributed by atoms with Gasteiger partial charge in [-0.05, 0) is 31.5 Å². The predicted molar refractivity (Wildman–Crippen MR) is 91.9 cm³/mol. The van der Waals surface area contributed by atoms with Crippen molar-refractivity contribution in [1.29, 1.82) is 0 Å². The van der Waals surface area contributed by atoms with Crippen LogP contribution in [0, 0.1) is 0 Å². The average molecular weight is 285 g/mol. The van der Waals surface area contributed by atoms with Crippen molar-refractivity contribution in [2.75, 3.05) is 25.0 Å². The van der Waals surface area contributed by atoms with E-state index in [1.807, 2.05) is 0 Å². The van der Waals surface area contributed by atoms with E-state index in [9.17, 15) is 0 Å². The molecule has 2 aromatic rings. The second-order valence-corrected chi connectivity index (χ2v) is 5.62. The monoisotopic (exact) mass is 285 g/mol. The molecule has 0 saturated carbocycles. The van der Waals surface area contributed by atoms with Crippen molar-refractivity contribution in [3.63, 3.8) is 0 Å². The van der Waals surface area contributed by atoms with Crippen LogP contribution in [0.25, 0.3) is 10.9 Å². The number of unbranched alkanes of at least 4 members (excludes halogenated alkanes) is 1. The summed E-state index contributed by atoms with van der Waals surface area (Å²) in [5.41, 5.74) is 2.37. The molecule has 1 aromatic heterocycles. The summed E-state index contributed by atoms with van der Waals surface area (Å²) < 4.78 is 0. The van der Waals surface area contributed by atoms with Crippen LogP contribution in [0.1, 0.15) is 38.7 Å². The molecule has 1 aromatic carbocycles. The van der Waals surface area contributed by atoms with E-state index < -0.39 is 0 Å². The van der Waals surface area contributed by atoms with Gasteiger partial charge < -0.3 is 10.2 Å². The first-order chi connectivity index (χ1) is 10.3. The van der Waals surface area contributed by atoms with Gasteiger partial charge in [-0.15, -0.1) is 0 Å². The van der Waals surface area contributed by atoms with Crippen LogP contribution in [0.5, 0.6) is 0 Å². The Morgan fingerprint density at radius 3 is 2.71 bits per heavy atom. The van der Waals surface area contributed by atoms with E-state index in [0.717, 1.165) is 37.4 Å². The normalized spacial score (nSPS) is 11.0. The first kappa shape index (κ1) is 15.8. The molecule has 3 heteroatoms. The van der Waals surface area contributed by atoms with Crippen LogP contribution in [0.3, 0.4) is 0 Å². The number of aromatic nitrogens is 1. The lowest BCUT2D eigenvalue weighted by molar-refractivity contribution is 0.670. The van der Waals surface area contributed by atoms with Gasteiger partial charge in [-0.25, -0.2) is 4.98 Å². The van der Waals surface area contributed by atoms with Crippen molar-refractivity contribution in [2.45, 2.75) is 39.7 Å². The van der Waals surface area contributed by atoms with Crippen LogP contribution < -0.4 is 10.2 Å². The number of fused-ring (bicyclic) bond motifs is 1. The van der Waals surface area contributed by atoms with Gasteiger partial charge >= 0.3 is 0 Å². The summed E-state index contributed by atoms with van der Waals surface area (Å²) in [5.74, 6) is 1.12. The summed E-state index contributed by atoms with van der Waals surface area (Å²) >= 11 is 0. The van der Waals surface area contributed by atoms with E-state index in [4.69, 9.17) is 4.98 Å². The summed E-state index contributed by atoms with van der Waals surface area (Å²) in [6.07, 6.45) is 3.57. The van der Waals surface area contributed by atoms with Crippen molar-refractivity contribution in [1.82, 2.24) is 10.3 Å². The van der Waals surface area contributed by atoms with Crippen LogP contribution in [-0.2, 0) is 6.54 Å². The Kier molecular flexibility index (Phi) is 6.00. The summed E-state index contributed by atoms with van der Waals surface area (Å²) in [4.78, 5) is 7.18. The Hall–Kier alpha value is -1.61. The first-order valence-electron chi connectivity index (χ1n) is 8.06. The fourth-order valence-electron chi connectivity index (χ4n) is 2.51. The molecule has 0 spiro atoms. The molecular weight excluding hydrogens is 258 g/mol. The second-order valence-electron chi connectivity index (χ2n) is 5.62. The minimum Gasteiger partial charge on any atom is -0.359 e. The number of para-hydroxylation sites is 1. The zero-order chi connectivity index (χ0) is 15.1. The van der Waals surface area contributed by atoms with Gasteiger partial charge in [0.2, 0.25) is 0 Å². The molecule has 1 heterocycles. The number of nitrogens with one attached hydrogen (secondary N) is 1. The highest BCUT2D eigenvalue weighted by atomic mass is 15.2. The van der Waals surface area contributed by atoms with Crippen LogP contribution in [-0.4, -0.2) is 25.1 Å². The number of benzene rings is 1. The maximum Gasteiger partial charge on any atom is 0.133 e. The third-order valence-corrected chi connectivity index (χ3v) is 3.73. The smallest absolute Gasteiger partial charge is 0.133 e. The van der Waals surface area contributed by atoms with Gasteiger partial charge in [0, 0.05) is 31.1 Å². The van der Waals surface area contributed by atoms with Crippen molar-refractivity contribution in [3.8, 4) is 0 Å². The van der Waals surface area contributed by atoms with Crippen LogP contribution in [0.4, 0.5) is 5.82 Å². The van der Waals surface area contributed by atoms with Crippen LogP contribution in [0.2, 0.25) is 0 Å². The highest BCUT2D eigenvalue weighted by molar-refractivity contribution is 5.81. The molecular formula is C18H27N3. The molecule has 0 saturated heterocycles. The van der Waals surface area contributed by atoms with Gasteiger partial charge in [-0.3, -0.25) is 0 Å². The molecule has 1 N–H and O–H groups in total. The quantitative estimate of drug-likeness (QED) is 0.744. The van der Waals surface area contributed by atoms with Gasteiger partial charge in [0.15, 0.2) is 0 Å². The lowest BCUT2D eigenvalue weighted by Gasteiger charge is -2.22. The first-order valence-corrected chi connectivity index (χ1v) is 8.06. The molecule has 0 aliphatic heterocycles. The SMILES string of the molecule is CCCCN(C)c1nc2ccccc2cc1CNCCC. The fraction of sp³-hybridized carbons (Fsp3) is 0.500. The predicted octanol–water partition coefficient (Wildman–Crippen LogP) is 3.97. The summed E-state index contributed by atoms with van der Waals surface area (Å²) in [5, 5.41) is 4.72. The summed E-state index contributed by atoms with van der Waals surface area (Å²) in [6.45, 7) is 7.41. The van der Waals surface area contributed by atoms with E-state index in [-0.39, 0.29) is 0 Å². The zero-order valence-electron chi connectivity index (χ0n) is 13.5. The number of hydrogen-bond donors (Lipinski definition) is 1. The molecule has 0 amide bonds. The largest absolute Gasteiger partial charge is 0.359 e. The minimum atomic E-state index is 0.886. The third kappa shape index (κ3) is 4.18. The molecule has 2 rings (SSSR count). The highest BCUT2D eigenvalue weighted by Gasteiger charge is 2.10. The van der Waals surface area contributed by atoms with Crippen molar-refractivity contribution in [3.05, 3.63) is 35.9 Å². The fourth-order valence-corrected chi connectivity index (χ4v) is 2.51. The Morgan fingerprint density at radius 1 is 1.14 bits per heavy atom. The third-order valence-electron chi connectivity index (χ3n) is 3.73. The van der Waals surface area contributed by atoms with E-state index in [0.29, 0.717) is 0 Å². The Bertz CT molecular complexity index is 565. The lowest BCUT2D eigenvalue weighted by Crippen LogP contribution is -2.23. The summed E-state index contributed by atoms with van der Waals surface area (Å²) in [7, 11) is 2.15. The van der Waals surface area contributed by atoms with Gasteiger partial charge in [0.25, 0.3) is 0 Å². The van der Waals surface area contributed by atoms with Gasteiger partial charge in [-0.1, -0.05) is 38.5 Å². The number of nitrogens with zero attached hydrogens (tertiary/aromatic N) is 2. The molecule has 21 heavy (non-hydrogen) atoms. The molecule has 0 atom stereocenters. The van der Waals surface area contributed by atoms with E-state index in [1.54, 1.807) is 0 Å². The maximum atomic E-state index is 4.89. The molecule has 0 aliphatic carbocycles. The molecule has 0 unspecified atom stereocenters. The highest BCUT2D eigenvalue weighted by Crippen LogP contribution is 2.23. The number of rotatable bonds is 8. The minimum absolute atomic E-state index is 0.886. The van der Waals surface area contributed by atoms with Crippen molar-refractivity contribution >= 4 is 16.7 Å². The maximum absolute atomic E-state index is 4.89. The Balaban J connectivity index is 2.31. The average Bonchev–Trinajstić information content (AvgIpc) is 2.52. The van der Waals surface area contributed by atoms with Gasteiger partial charge in [-0.2, -0.15) is 0 Å². The molecule has 0 aliphatic rings. The van der Waals surface area contributed by atoms with Crippen LogP contribution in [0.15, 0.2) is 30.3 Å². The number of pyridine rings is 1. The zero-order valence-corrected chi connectivity index (χ0v) is 13.5. The molecule has 0 bridgehead atoms. The van der Waals surface area contributed by atoms with E-state index in [2.05, 4.69) is 61.4 Å². The van der Waals surface area contributed by atoms with E-state index >= 15 is 0 Å². The van der Waals surface area contributed by atoms with E-state index in [1.165, 1.54) is 23.8 Å². The van der Waals surface area contributed by atoms with Crippen molar-refractivity contribution < 1.29 is 0 Å².